The molecule has 0 aliphatic rings. The Bertz CT molecular complexity index is 220. The van der Waals surface area contributed by atoms with Gasteiger partial charge in [0, 0.05) is 0 Å². The van der Waals surface area contributed by atoms with Gasteiger partial charge in [-0.3, -0.25) is 4.79 Å². The highest BCUT2D eigenvalue weighted by molar-refractivity contribution is 5.87. The SMILES string of the molecule is [CH2]CC(O)C(=O)[C@H](O)[C@@H](O)[C@H](O)[C@H](O)CO. The number of Topliss-reactive ketones (excluding diaryl/α,β-unsaturated/α-hetero) is 1. The molecule has 5 atom stereocenters. The Morgan fingerprint density at radius 3 is 1.94 bits per heavy atom. The lowest BCUT2D eigenvalue weighted by molar-refractivity contribution is -0.154. The second-order valence-corrected chi connectivity index (χ2v) is 3.38. The van der Waals surface area contributed by atoms with Gasteiger partial charge in [0.1, 0.15) is 30.5 Å². The second-order valence-electron chi connectivity index (χ2n) is 3.38. The summed E-state index contributed by atoms with van der Waals surface area (Å²) in [7, 11) is 0. The van der Waals surface area contributed by atoms with E-state index in [1.54, 1.807) is 0 Å². The molecule has 7 nitrogen and oxygen atoms in total. The molecule has 0 spiro atoms. The van der Waals surface area contributed by atoms with Crippen LogP contribution in [-0.2, 0) is 4.79 Å². The highest BCUT2D eigenvalue weighted by Gasteiger charge is 2.35. The van der Waals surface area contributed by atoms with E-state index in [4.69, 9.17) is 15.3 Å². The van der Waals surface area contributed by atoms with Crippen molar-refractivity contribution in [1.29, 1.82) is 0 Å². The molecule has 0 aliphatic heterocycles. The Morgan fingerprint density at radius 2 is 1.56 bits per heavy atom. The van der Waals surface area contributed by atoms with Gasteiger partial charge in [-0.25, -0.2) is 0 Å². The largest absolute Gasteiger partial charge is 0.394 e. The van der Waals surface area contributed by atoms with Crippen LogP contribution in [0.25, 0.3) is 0 Å². The van der Waals surface area contributed by atoms with Gasteiger partial charge in [-0.15, -0.1) is 0 Å². The van der Waals surface area contributed by atoms with Crippen molar-refractivity contribution in [3.63, 3.8) is 0 Å². The van der Waals surface area contributed by atoms with E-state index in [-0.39, 0.29) is 6.42 Å². The number of aliphatic hydroxyl groups excluding tert-OH is 6. The van der Waals surface area contributed by atoms with Gasteiger partial charge in [-0.2, -0.15) is 0 Å². The molecule has 7 heteroatoms. The van der Waals surface area contributed by atoms with Crippen LogP contribution in [0.4, 0.5) is 0 Å². The molecule has 0 saturated carbocycles. The van der Waals surface area contributed by atoms with Crippen molar-refractivity contribution in [3.05, 3.63) is 6.92 Å². The average Bonchev–Trinajstić information content (AvgIpc) is 2.32. The Balaban J connectivity index is 4.48. The van der Waals surface area contributed by atoms with Gasteiger partial charge in [0.15, 0.2) is 5.78 Å². The summed E-state index contributed by atoms with van der Waals surface area (Å²) in [5.41, 5.74) is 0. The van der Waals surface area contributed by atoms with Crippen molar-refractivity contribution in [3.8, 4) is 0 Å². The molecule has 0 amide bonds. The summed E-state index contributed by atoms with van der Waals surface area (Å²) in [4.78, 5) is 11.2. The predicted octanol–water partition coefficient (Wildman–Crippen LogP) is -3.42. The van der Waals surface area contributed by atoms with Gasteiger partial charge in [0.25, 0.3) is 0 Å². The monoisotopic (exact) mass is 237 g/mol. The van der Waals surface area contributed by atoms with E-state index in [1.807, 2.05) is 0 Å². The Labute approximate surface area is 92.6 Å². The van der Waals surface area contributed by atoms with E-state index in [0.29, 0.717) is 0 Å². The van der Waals surface area contributed by atoms with Crippen LogP contribution in [0.2, 0.25) is 0 Å². The van der Waals surface area contributed by atoms with Crippen LogP contribution in [0, 0.1) is 6.92 Å². The fourth-order valence-electron chi connectivity index (χ4n) is 1.03. The maximum atomic E-state index is 11.2. The normalized spacial score (nSPS) is 20.9. The third kappa shape index (κ3) is 3.78. The molecular weight excluding hydrogens is 220 g/mol. The number of hydrogen-bond acceptors (Lipinski definition) is 7. The quantitative estimate of drug-likeness (QED) is 0.271. The number of carbonyl (C=O) groups excluding carboxylic acids is 1. The van der Waals surface area contributed by atoms with E-state index in [2.05, 4.69) is 6.92 Å². The van der Waals surface area contributed by atoms with Crippen LogP contribution < -0.4 is 0 Å². The van der Waals surface area contributed by atoms with Crippen LogP contribution in [-0.4, -0.2) is 73.5 Å². The van der Waals surface area contributed by atoms with Gasteiger partial charge in [-0.05, 0) is 6.42 Å². The molecule has 95 valence electrons. The average molecular weight is 237 g/mol. The molecule has 0 fully saturated rings. The number of rotatable bonds is 7. The molecule has 0 aliphatic carbocycles. The summed E-state index contributed by atoms with van der Waals surface area (Å²) < 4.78 is 0. The maximum absolute atomic E-state index is 11.2. The molecule has 0 aromatic rings. The third-order valence-corrected chi connectivity index (χ3v) is 2.15. The first-order chi connectivity index (χ1) is 7.36. The van der Waals surface area contributed by atoms with Gasteiger partial charge < -0.3 is 30.6 Å². The zero-order valence-electron chi connectivity index (χ0n) is 8.60. The Hall–Kier alpha value is -0.570. The van der Waals surface area contributed by atoms with Crippen LogP contribution in [0.5, 0.6) is 0 Å². The molecule has 0 saturated heterocycles. The van der Waals surface area contributed by atoms with Gasteiger partial charge in [0.05, 0.1) is 6.61 Å². The predicted molar refractivity (Wildman–Crippen MR) is 52.1 cm³/mol. The minimum absolute atomic E-state index is 0.193. The lowest BCUT2D eigenvalue weighted by Crippen LogP contribution is -2.50. The molecule has 1 radical (unpaired) electrons. The third-order valence-electron chi connectivity index (χ3n) is 2.15. The van der Waals surface area contributed by atoms with E-state index in [0.717, 1.165) is 0 Å². The van der Waals surface area contributed by atoms with Crippen LogP contribution in [0.1, 0.15) is 6.42 Å². The highest BCUT2D eigenvalue weighted by Crippen LogP contribution is 2.08. The molecule has 6 N–H and O–H groups in total. The first-order valence-electron chi connectivity index (χ1n) is 4.71. The number of hydrogen-bond donors (Lipinski definition) is 6. The Kier molecular flexibility index (Phi) is 6.65. The molecule has 1 unspecified atom stereocenters. The minimum Gasteiger partial charge on any atom is -0.394 e. The molecule has 0 aromatic heterocycles. The zero-order chi connectivity index (χ0) is 12.9. The smallest absolute Gasteiger partial charge is 0.192 e. The van der Waals surface area contributed by atoms with Crippen LogP contribution in [0.3, 0.4) is 0 Å². The van der Waals surface area contributed by atoms with Gasteiger partial charge in [-0.1, -0.05) is 6.92 Å². The van der Waals surface area contributed by atoms with Crippen molar-refractivity contribution in [2.24, 2.45) is 0 Å². The topological polar surface area (TPSA) is 138 Å². The fourth-order valence-corrected chi connectivity index (χ4v) is 1.03. The number of aliphatic hydroxyl groups is 6. The van der Waals surface area contributed by atoms with E-state index < -0.39 is 42.9 Å². The summed E-state index contributed by atoms with van der Waals surface area (Å²) in [5.74, 6) is -1.10. The molecule has 16 heavy (non-hydrogen) atoms. The van der Waals surface area contributed by atoms with Crippen LogP contribution in [0.15, 0.2) is 0 Å². The summed E-state index contributed by atoms with van der Waals surface area (Å²) in [6, 6.07) is 0. The lowest BCUT2D eigenvalue weighted by atomic mass is 9.97. The molecule has 0 bridgehead atoms. The van der Waals surface area contributed by atoms with Crippen molar-refractivity contribution >= 4 is 5.78 Å². The van der Waals surface area contributed by atoms with E-state index in [9.17, 15) is 20.1 Å². The van der Waals surface area contributed by atoms with E-state index >= 15 is 0 Å². The van der Waals surface area contributed by atoms with E-state index in [1.165, 1.54) is 0 Å². The van der Waals surface area contributed by atoms with Gasteiger partial charge in [0.2, 0.25) is 0 Å². The van der Waals surface area contributed by atoms with Crippen molar-refractivity contribution in [2.75, 3.05) is 6.61 Å². The standard InChI is InChI=1S/C9H17O7/c1-2-4(11)6(13)8(15)9(16)7(14)5(12)3-10/h4-5,7-12,14-16H,1-3H2/t4?,5-,7-,8+,9+/m1/s1. The molecule has 0 heterocycles. The van der Waals surface area contributed by atoms with Crippen molar-refractivity contribution < 1.29 is 35.4 Å². The summed E-state index contributed by atoms with van der Waals surface area (Å²) in [6.45, 7) is 2.39. The molecule has 0 rings (SSSR count). The second kappa shape index (κ2) is 6.89. The van der Waals surface area contributed by atoms with Crippen LogP contribution >= 0.6 is 0 Å². The van der Waals surface area contributed by atoms with Crippen molar-refractivity contribution in [2.45, 2.75) is 36.9 Å². The van der Waals surface area contributed by atoms with Crippen molar-refractivity contribution in [1.82, 2.24) is 0 Å². The summed E-state index contributed by atoms with van der Waals surface area (Å²) >= 11 is 0. The Morgan fingerprint density at radius 1 is 1.06 bits per heavy atom. The summed E-state index contributed by atoms with van der Waals surface area (Å²) in [5, 5.41) is 54.2. The van der Waals surface area contributed by atoms with Gasteiger partial charge >= 0.3 is 0 Å². The maximum Gasteiger partial charge on any atom is 0.192 e. The minimum atomic E-state index is -2.05. The molecule has 0 aromatic carbocycles. The zero-order valence-corrected chi connectivity index (χ0v) is 8.60. The first kappa shape index (κ1) is 15.4. The number of ketones is 1. The first-order valence-corrected chi connectivity index (χ1v) is 4.71. The number of carbonyl (C=O) groups is 1. The highest BCUT2D eigenvalue weighted by atomic mass is 16.4. The fraction of sp³-hybridized carbons (Fsp3) is 0.778. The molecular formula is C9H17O7. The summed E-state index contributed by atoms with van der Waals surface area (Å²) in [6.07, 6.45) is -9.36. The lowest BCUT2D eigenvalue weighted by Gasteiger charge is -2.25.